The second-order valence-electron chi connectivity index (χ2n) is 4.20. The molecule has 90 valence electrons. The molecule has 0 saturated carbocycles. The average Bonchev–Trinajstić information content (AvgIpc) is 2.79. The zero-order valence-electron chi connectivity index (χ0n) is 9.37. The van der Waals surface area contributed by atoms with Gasteiger partial charge in [-0.05, 0) is 18.1 Å². The highest BCUT2D eigenvalue weighted by Gasteiger charge is 2.30. The number of carbonyl (C=O) groups is 2. The van der Waals surface area contributed by atoms with Crippen molar-refractivity contribution in [3.05, 3.63) is 30.1 Å². The molecule has 1 aromatic heterocycles. The van der Waals surface area contributed by atoms with Crippen LogP contribution in [0.3, 0.4) is 0 Å². The molecule has 0 aliphatic carbocycles. The van der Waals surface area contributed by atoms with Crippen molar-refractivity contribution in [2.75, 3.05) is 13.1 Å². The van der Waals surface area contributed by atoms with E-state index in [9.17, 15) is 9.59 Å². The van der Waals surface area contributed by atoms with Crippen LogP contribution < -0.4 is 0 Å². The molecule has 1 fully saturated rings. The number of aliphatic carboxylic acids is 1. The molecule has 1 saturated heterocycles. The lowest BCUT2D eigenvalue weighted by Crippen LogP contribution is -2.31. The molecule has 1 amide bonds. The van der Waals surface area contributed by atoms with Gasteiger partial charge in [0.2, 0.25) is 5.91 Å². The summed E-state index contributed by atoms with van der Waals surface area (Å²) in [6.45, 7) is 0.866. The van der Waals surface area contributed by atoms with E-state index >= 15 is 0 Å². The summed E-state index contributed by atoms with van der Waals surface area (Å²) >= 11 is 0. The zero-order chi connectivity index (χ0) is 12.3. The topological polar surface area (TPSA) is 70.5 Å². The Bertz CT molecular complexity index is 419. The van der Waals surface area contributed by atoms with Gasteiger partial charge in [-0.15, -0.1) is 0 Å². The summed E-state index contributed by atoms with van der Waals surface area (Å²) in [4.78, 5) is 28.2. The maximum Gasteiger partial charge on any atom is 0.308 e. The number of hydrogen-bond donors (Lipinski definition) is 1. The Balaban J connectivity index is 1.92. The van der Waals surface area contributed by atoms with Gasteiger partial charge in [-0.3, -0.25) is 14.6 Å². The summed E-state index contributed by atoms with van der Waals surface area (Å²) < 4.78 is 0. The molecule has 1 N–H and O–H groups in total. The number of carboxylic acids is 1. The molecule has 0 radical (unpaired) electrons. The third kappa shape index (κ3) is 2.81. The zero-order valence-corrected chi connectivity index (χ0v) is 9.37. The van der Waals surface area contributed by atoms with Crippen molar-refractivity contribution in [1.29, 1.82) is 0 Å². The Kier molecular flexibility index (Phi) is 3.37. The lowest BCUT2D eigenvalue weighted by Gasteiger charge is -2.15. The molecule has 1 aliphatic rings. The smallest absolute Gasteiger partial charge is 0.308 e. The minimum atomic E-state index is -0.818. The standard InChI is InChI=1S/C12H14N2O3/c15-11(6-9-2-1-4-13-7-9)14-5-3-10(8-14)12(16)17/h1-2,4,7,10H,3,5-6,8H2,(H,16,17)/t10-/m0/s1. The van der Waals surface area contributed by atoms with Crippen LogP contribution in [0.25, 0.3) is 0 Å². The highest BCUT2D eigenvalue weighted by Crippen LogP contribution is 2.17. The first-order valence-electron chi connectivity index (χ1n) is 5.56. The summed E-state index contributed by atoms with van der Waals surface area (Å²) in [7, 11) is 0. The molecule has 1 aliphatic heterocycles. The SMILES string of the molecule is O=C(O)[C@H]1CCN(C(=O)Cc2cccnc2)C1. The van der Waals surface area contributed by atoms with Crippen molar-refractivity contribution >= 4 is 11.9 Å². The van der Waals surface area contributed by atoms with E-state index in [1.165, 1.54) is 0 Å². The highest BCUT2D eigenvalue weighted by atomic mass is 16.4. The van der Waals surface area contributed by atoms with E-state index in [1.54, 1.807) is 23.4 Å². The van der Waals surface area contributed by atoms with E-state index in [2.05, 4.69) is 4.98 Å². The molecule has 2 rings (SSSR count). The van der Waals surface area contributed by atoms with Gasteiger partial charge >= 0.3 is 5.97 Å². The summed E-state index contributed by atoms with van der Waals surface area (Å²) in [5.74, 6) is -1.25. The monoisotopic (exact) mass is 234 g/mol. The fraction of sp³-hybridized carbons (Fsp3) is 0.417. The third-order valence-corrected chi connectivity index (χ3v) is 2.97. The van der Waals surface area contributed by atoms with Crippen LogP contribution in [-0.2, 0) is 16.0 Å². The van der Waals surface area contributed by atoms with Crippen LogP contribution in [0.4, 0.5) is 0 Å². The fourth-order valence-corrected chi connectivity index (χ4v) is 1.98. The molecule has 5 heteroatoms. The van der Waals surface area contributed by atoms with E-state index in [0.29, 0.717) is 25.9 Å². The summed E-state index contributed by atoms with van der Waals surface area (Å²) in [6.07, 6.45) is 4.15. The third-order valence-electron chi connectivity index (χ3n) is 2.97. The van der Waals surface area contributed by atoms with Gasteiger partial charge in [0, 0.05) is 25.5 Å². The maximum atomic E-state index is 11.9. The first-order chi connectivity index (χ1) is 8.16. The Morgan fingerprint density at radius 2 is 2.35 bits per heavy atom. The molecular weight excluding hydrogens is 220 g/mol. The number of pyridine rings is 1. The second-order valence-corrected chi connectivity index (χ2v) is 4.20. The number of carbonyl (C=O) groups excluding carboxylic acids is 1. The van der Waals surface area contributed by atoms with Gasteiger partial charge in [-0.2, -0.15) is 0 Å². The van der Waals surface area contributed by atoms with Crippen LogP contribution in [0.5, 0.6) is 0 Å². The first-order valence-corrected chi connectivity index (χ1v) is 5.56. The van der Waals surface area contributed by atoms with Crippen molar-refractivity contribution in [3.8, 4) is 0 Å². The normalized spacial score (nSPS) is 19.3. The molecule has 0 spiro atoms. The van der Waals surface area contributed by atoms with Crippen molar-refractivity contribution in [1.82, 2.24) is 9.88 Å². The largest absolute Gasteiger partial charge is 0.481 e. The molecular formula is C12H14N2O3. The number of rotatable bonds is 3. The Labute approximate surface area is 99.1 Å². The van der Waals surface area contributed by atoms with Gasteiger partial charge < -0.3 is 10.0 Å². The van der Waals surface area contributed by atoms with Crippen molar-refractivity contribution in [2.24, 2.45) is 5.92 Å². The number of nitrogens with zero attached hydrogens (tertiary/aromatic N) is 2. The number of aromatic nitrogens is 1. The molecule has 5 nitrogen and oxygen atoms in total. The predicted octanol–water partition coefficient (Wildman–Crippen LogP) is 0.557. The van der Waals surface area contributed by atoms with Gasteiger partial charge in [-0.1, -0.05) is 6.07 Å². The molecule has 2 heterocycles. The van der Waals surface area contributed by atoms with Crippen molar-refractivity contribution in [3.63, 3.8) is 0 Å². The van der Waals surface area contributed by atoms with Crippen LogP contribution in [0.15, 0.2) is 24.5 Å². The number of amides is 1. The summed E-state index contributed by atoms with van der Waals surface area (Å²) in [6, 6.07) is 3.63. The minimum Gasteiger partial charge on any atom is -0.481 e. The van der Waals surface area contributed by atoms with Gasteiger partial charge in [-0.25, -0.2) is 0 Å². The van der Waals surface area contributed by atoms with E-state index in [-0.39, 0.29) is 5.91 Å². The number of likely N-dealkylation sites (tertiary alicyclic amines) is 1. The summed E-state index contributed by atoms with van der Waals surface area (Å²) in [5, 5.41) is 8.85. The van der Waals surface area contributed by atoms with Crippen LogP contribution in [-0.4, -0.2) is 40.0 Å². The lowest BCUT2D eigenvalue weighted by molar-refractivity contribution is -0.141. The molecule has 1 atom stereocenters. The molecule has 17 heavy (non-hydrogen) atoms. The highest BCUT2D eigenvalue weighted by molar-refractivity contribution is 5.80. The number of hydrogen-bond acceptors (Lipinski definition) is 3. The van der Waals surface area contributed by atoms with Gasteiger partial charge in [0.25, 0.3) is 0 Å². The Hall–Kier alpha value is -1.91. The fourth-order valence-electron chi connectivity index (χ4n) is 1.98. The molecule has 0 unspecified atom stereocenters. The summed E-state index contributed by atoms with van der Waals surface area (Å²) in [5.41, 5.74) is 0.858. The molecule has 1 aromatic rings. The minimum absolute atomic E-state index is 0.0262. The van der Waals surface area contributed by atoms with Crippen molar-refractivity contribution < 1.29 is 14.7 Å². The van der Waals surface area contributed by atoms with Crippen LogP contribution >= 0.6 is 0 Å². The van der Waals surface area contributed by atoms with Crippen LogP contribution in [0.1, 0.15) is 12.0 Å². The van der Waals surface area contributed by atoms with Crippen LogP contribution in [0, 0.1) is 5.92 Å². The first kappa shape index (κ1) is 11.6. The molecule has 0 aromatic carbocycles. The Morgan fingerprint density at radius 1 is 1.53 bits per heavy atom. The van der Waals surface area contributed by atoms with Crippen molar-refractivity contribution in [2.45, 2.75) is 12.8 Å². The Morgan fingerprint density at radius 3 is 2.94 bits per heavy atom. The number of carboxylic acid groups (broad SMARTS) is 1. The van der Waals surface area contributed by atoms with Gasteiger partial charge in [0.05, 0.1) is 12.3 Å². The van der Waals surface area contributed by atoms with E-state index in [0.717, 1.165) is 5.56 Å². The second kappa shape index (κ2) is 4.95. The molecule has 0 bridgehead atoms. The van der Waals surface area contributed by atoms with E-state index in [1.807, 2.05) is 6.07 Å². The lowest BCUT2D eigenvalue weighted by atomic mass is 10.1. The van der Waals surface area contributed by atoms with Crippen LogP contribution in [0.2, 0.25) is 0 Å². The average molecular weight is 234 g/mol. The predicted molar refractivity (Wildman–Crippen MR) is 60.3 cm³/mol. The maximum absolute atomic E-state index is 11.9. The van der Waals surface area contributed by atoms with Gasteiger partial charge in [0.1, 0.15) is 0 Å². The van der Waals surface area contributed by atoms with E-state index < -0.39 is 11.9 Å². The van der Waals surface area contributed by atoms with E-state index in [4.69, 9.17) is 5.11 Å². The quantitative estimate of drug-likeness (QED) is 0.829. The van der Waals surface area contributed by atoms with Gasteiger partial charge in [0.15, 0.2) is 0 Å².